The van der Waals surface area contributed by atoms with E-state index in [0.29, 0.717) is 0 Å². The lowest BCUT2D eigenvalue weighted by molar-refractivity contribution is 0.707. The molecule has 0 atom stereocenters. The van der Waals surface area contributed by atoms with Crippen molar-refractivity contribution >= 4 is 18.1 Å². The Morgan fingerprint density at radius 2 is 1.58 bits per heavy atom. The van der Waals surface area contributed by atoms with E-state index in [1.807, 2.05) is 48.7 Å². The van der Waals surface area contributed by atoms with Crippen LogP contribution in [-0.4, -0.2) is 16.5 Å². The maximum Gasteiger partial charge on any atom is 0.226 e. The summed E-state index contributed by atoms with van der Waals surface area (Å²) in [6.07, 6.45) is 11.0. The van der Waals surface area contributed by atoms with Gasteiger partial charge in [0.15, 0.2) is 0 Å². The Hall–Kier alpha value is -3.20. The van der Waals surface area contributed by atoms with E-state index in [4.69, 9.17) is 4.98 Å². The summed E-state index contributed by atoms with van der Waals surface area (Å²) >= 11 is 0. The van der Waals surface area contributed by atoms with Crippen LogP contribution in [0.2, 0.25) is 0 Å². The molecule has 0 spiro atoms. The van der Waals surface area contributed by atoms with E-state index < -0.39 is 0 Å². The van der Waals surface area contributed by atoms with Crippen LogP contribution in [0.5, 0.6) is 0 Å². The smallest absolute Gasteiger partial charge is 0.226 e. The number of aromatic nitrogens is 2. The van der Waals surface area contributed by atoms with Crippen LogP contribution in [0.25, 0.3) is 12.2 Å². The van der Waals surface area contributed by atoms with Gasteiger partial charge in [0.05, 0.1) is 5.69 Å². The zero-order valence-corrected chi connectivity index (χ0v) is 14.6. The summed E-state index contributed by atoms with van der Waals surface area (Å²) < 4.78 is 0. The van der Waals surface area contributed by atoms with Gasteiger partial charge in [-0.25, -0.2) is 9.97 Å². The Labute approximate surface area is 154 Å². The highest BCUT2D eigenvalue weighted by Gasteiger charge is 2.17. The molecular weight excluding hydrogens is 318 g/mol. The first-order valence-corrected chi connectivity index (χ1v) is 8.93. The fourth-order valence-corrected chi connectivity index (χ4v) is 3.16. The highest BCUT2D eigenvalue weighted by atomic mass is 15.2. The molecule has 2 aromatic carbocycles. The fraction of sp³-hybridized carbons (Fsp3) is 0.130. The van der Waals surface area contributed by atoms with Gasteiger partial charge >= 0.3 is 0 Å². The Kier molecular flexibility index (Phi) is 4.88. The molecule has 1 aliphatic rings. The maximum absolute atomic E-state index is 4.71. The molecular formula is C23H21N3. The van der Waals surface area contributed by atoms with E-state index in [-0.39, 0.29) is 0 Å². The van der Waals surface area contributed by atoms with Crippen LogP contribution in [0, 0.1) is 0 Å². The number of benzene rings is 2. The van der Waals surface area contributed by atoms with Crippen molar-refractivity contribution in [1.82, 2.24) is 9.97 Å². The summed E-state index contributed by atoms with van der Waals surface area (Å²) in [5.74, 6) is 0.800. The highest BCUT2D eigenvalue weighted by molar-refractivity contribution is 5.56. The van der Waals surface area contributed by atoms with Gasteiger partial charge in [-0.05, 0) is 35.3 Å². The molecule has 0 amide bonds. The number of hydrogen-bond donors (Lipinski definition) is 0. The summed E-state index contributed by atoms with van der Waals surface area (Å²) in [4.78, 5) is 11.4. The van der Waals surface area contributed by atoms with E-state index in [1.165, 1.54) is 16.7 Å². The quantitative estimate of drug-likeness (QED) is 0.641. The second-order valence-electron chi connectivity index (χ2n) is 6.35. The first-order chi connectivity index (χ1) is 12.9. The van der Waals surface area contributed by atoms with Crippen molar-refractivity contribution in [2.45, 2.75) is 13.0 Å². The molecule has 0 saturated carbocycles. The minimum absolute atomic E-state index is 0.800. The SMILES string of the molecule is C(=C/c1ccccc1)/C=C/c1ccnc(N2CCc3ccccc3C2)n1. The number of allylic oxidation sites excluding steroid dienone is 2. The lowest BCUT2D eigenvalue weighted by Gasteiger charge is -2.28. The molecule has 0 bridgehead atoms. The highest BCUT2D eigenvalue weighted by Crippen LogP contribution is 2.21. The molecule has 26 heavy (non-hydrogen) atoms. The van der Waals surface area contributed by atoms with Gasteiger partial charge in [0.2, 0.25) is 5.95 Å². The zero-order chi connectivity index (χ0) is 17.6. The van der Waals surface area contributed by atoms with Crippen LogP contribution >= 0.6 is 0 Å². The standard InChI is InChI=1S/C23H21N3/c1-2-8-19(9-3-1)10-4-7-13-22-14-16-24-23(25-22)26-17-15-20-11-5-6-12-21(20)18-26/h1-14,16H,15,17-18H2/b10-4-,13-7+. The Morgan fingerprint density at radius 1 is 0.808 bits per heavy atom. The summed E-state index contributed by atoms with van der Waals surface area (Å²) in [7, 11) is 0. The lowest BCUT2D eigenvalue weighted by Crippen LogP contribution is -2.31. The molecule has 1 aromatic heterocycles. The van der Waals surface area contributed by atoms with E-state index in [2.05, 4.69) is 52.4 Å². The molecule has 4 rings (SSSR count). The predicted octanol–water partition coefficient (Wildman–Crippen LogP) is 4.77. The molecule has 1 aliphatic heterocycles. The first kappa shape index (κ1) is 16.3. The van der Waals surface area contributed by atoms with Crippen LogP contribution in [0.4, 0.5) is 5.95 Å². The molecule has 0 fully saturated rings. The number of fused-ring (bicyclic) bond motifs is 1. The maximum atomic E-state index is 4.71. The van der Waals surface area contributed by atoms with Crippen molar-refractivity contribution in [3.05, 3.63) is 101 Å². The zero-order valence-electron chi connectivity index (χ0n) is 14.6. The molecule has 128 valence electrons. The first-order valence-electron chi connectivity index (χ1n) is 8.93. The van der Waals surface area contributed by atoms with Crippen LogP contribution in [0.3, 0.4) is 0 Å². The predicted molar refractivity (Wildman–Crippen MR) is 108 cm³/mol. The van der Waals surface area contributed by atoms with Gasteiger partial charge < -0.3 is 4.90 Å². The minimum Gasteiger partial charge on any atom is -0.336 e. The molecule has 3 heteroatoms. The average Bonchev–Trinajstić information content (AvgIpc) is 2.72. The number of anilines is 1. The second kappa shape index (κ2) is 7.79. The van der Waals surface area contributed by atoms with Crippen molar-refractivity contribution in [2.24, 2.45) is 0 Å². The van der Waals surface area contributed by atoms with E-state index in [9.17, 15) is 0 Å². The van der Waals surface area contributed by atoms with Crippen LogP contribution < -0.4 is 4.90 Å². The Bertz CT molecular complexity index is 929. The fourth-order valence-electron chi connectivity index (χ4n) is 3.16. The Balaban J connectivity index is 1.45. The van der Waals surface area contributed by atoms with Gasteiger partial charge in [0, 0.05) is 19.3 Å². The van der Waals surface area contributed by atoms with Crippen LogP contribution in [0.1, 0.15) is 22.4 Å². The summed E-state index contributed by atoms with van der Waals surface area (Å²) in [6, 6.07) is 20.8. The van der Waals surface area contributed by atoms with Crippen molar-refractivity contribution < 1.29 is 0 Å². The van der Waals surface area contributed by atoms with E-state index in [1.54, 1.807) is 0 Å². The molecule has 0 aliphatic carbocycles. The van der Waals surface area contributed by atoms with Crippen LogP contribution in [-0.2, 0) is 13.0 Å². The van der Waals surface area contributed by atoms with Gasteiger partial charge in [-0.1, -0.05) is 72.8 Å². The topological polar surface area (TPSA) is 29.0 Å². The minimum atomic E-state index is 0.800. The monoisotopic (exact) mass is 339 g/mol. The molecule has 3 aromatic rings. The largest absolute Gasteiger partial charge is 0.336 e. The lowest BCUT2D eigenvalue weighted by atomic mass is 10.0. The van der Waals surface area contributed by atoms with E-state index in [0.717, 1.165) is 31.2 Å². The third kappa shape index (κ3) is 3.89. The number of nitrogens with zero attached hydrogens (tertiary/aromatic N) is 3. The third-order valence-corrected chi connectivity index (χ3v) is 4.54. The average molecular weight is 339 g/mol. The third-order valence-electron chi connectivity index (χ3n) is 4.54. The van der Waals surface area contributed by atoms with Gasteiger partial charge in [0.25, 0.3) is 0 Å². The summed E-state index contributed by atoms with van der Waals surface area (Å²) in [5, 5.41) is 0. The molecule has 0 N–H and O–H groups in total. The van der Waals surface area contributed by atoms with Gasteiger partial charge in [-0.3, -0.25) is 0 Å². The van der Waals surface area contributed by atoms with Crippen molar-refractivity contribution in [3.63, 3.8) is 0 Å². The molecule has 2 heterocycles. The van der Waals surface area contributed by atoms with Gasteiger partial charge in [0.1, 0.15) is 0 Å². The molecule has 0 unspecified atom stereocenters. The van der Waals surface area contributed by atoms with Crippen LogP contribution in [0.15, 0.2) is 79.0 Å². The van der Waals surface area contributed by atoms with Crippen molar-refractivity contribution in [3.8, 4) is 0 Å². The van der Waals surface area contributed by atoms with E-state index >= 15 is 0 Å². The van der Waals surface area contributed by atoms with Gasteiger partial charge in [-0.2, -0.15) is 0 Å². The van der Waals surface area contributed by atoms with Gasteiger partial charge in [-0.15, -0.1) is 0 Å². The van der Waals surface area contributed by atoms with Crippen molar-refractivity contribution in [2.75, 3.05) is 11.4 Å². The molecule has 0 radical (unpaired) electrons. The van der Waals surface area contributed by atoms with Crippen molar-refractivity contribution in [1.29, 1.82) is 0 Å². The normalized spacial score (nSPS) is 14.1. The summed E-state index contributed by atoms with van der Waals surface area (Å²) in [5.41, 5.74) is 4.92. The second-order valence-corrected chi connectivity index (χ2v) is 6.35. The summed E-state index contributed by atoms with van der Waals surface area (Å²) in [6.45, 7) is 1.83. The molecule has 0 saturated heterocycles. The number of hydrogen-bond acceptors (Lipinski definition) is 3. The number of rotatable bonds is 4. The molecule has 3 nitrogen and oxygen atoms in total. The Morgan fingerprint density at radius 3 is 2.46 bits per heavy atom.